The number of fused-ring (bicyclic) bond motifs is 1. The summed E-state index contributed by atoms with van der Waals surface area (Å²) < 4.78 is 0. The first-order chi connectivity index (χ1) is 4.47. The first-order valence-electron chi connectivity index (χ1n) is 3.41. The Morgan fingerprint density at radius 1 is 1.44 bits per heavy atom. The van der Waals surface area contributed by atoms with E-state index in [1.54, 1.807) is 0 Å². The van der Waals surface area contributed by atoms with Gasteiger partial charge < -0.3 is 5.32 Å². The average Bonchev–Trinajstić information content (AvgIpc) is 2.33. The van der Waals surface area contributed by atoms with E-state index in [1.165, 1.54) is 0 Å². The molecule has 0 amide bonds. The third-order valence-corrected chi connectivity index (χ3v) is 1.86. The van der Waals surface area contributed by atoms with E-state index in [0.717, 1.165) is 26.3 Å². The van der Waals surface area contributed by atoms with E-state index in [0.29, 0.717) is 6.17 Å². The molecule has 2 aliphatic heterocycles. The zero-order chi connectivity index (χ0) is 6.10. The van der Waals surface area contributed by atoms with Crippen LogP contribution in [-0.2, 0) is 0 Å². The van der Waals surface area contributed by atoms with Crippen LogP contribution in [-0.4, -0.2) is 37.5 Å². The van der Waals surface area contributed by atoms with Gasteiger partial charge in [-0.1, -0.05) is 0 Å². The van der Waals surface area contributed by atoms with Crippen molar-refractivity contribution in [3.8, 4) is 0 Å². The van der Waals surface area contributed by atoms with Crippen LogP contribution in [0.1, 0.15) is 0 Å². The van der Waals surface area contributed by atoms with Gasteiger partial charge in [0.05, 0.1) is 12.8 Å². The SMILES string of the molecule is C1CN2NCNC2CN1. The topological polar surface area (TPSA) is 39.3 Å². The van der Waals surface area contributed by atoms with Gasteiger partial charge in [0.15, 0.2) is 0 Å². The lowest BCUT2D eigenvalue weighted by Gasteiger charge is -2.28. The molecule has 52 valence electrons. The third-order valence-electron chi connectivity index (χ3n) is 1.86. The van der Waals surface area contributed by atoms with Crippen molar-refractivity contribution in [3.05, 3.63) is 0 Å². The molecule has 0 radical (unpaired) electrons. The fourth-order valence-corrected chi connectivity index (χ4v) is 1.34. The number of hydrogen-bond acceptors (Lipinski definition) is 4. The lowest BCUT2D eigenvalue weighted by atomic mass is 10.4. The first-order valence-corrected chi connectivity index (χ1v) is 3.41. The van der Waals surface area contributed by atoms with Gasteiger partial charge >= 0.3 is 0 Å². The van der Waals surface area contributed by atoms with E-state index in [2.05, 4.69) is 21.1 Å². The molecule has 0 aromatic carbocycles. The molecular formula is C5H12N4. The minimum atomic E-state index is 0.527. The first kappa shape index (κ1) is 5.61. The minimum Gasteiger partial charge on any atom is -0.312 e. The highest BCUT2D eigenvalue weighted by Crippen LogP contribution is 1.98. The number of piperazine rings is 1. The monoisotopic (exact) mass is 128 g/mol. The largest absolute Gasteiger partial charge is 0.312 e. The van der Waals surface area contributed by atoms with Crippen LogP contribution in [0.15, 0.2) is 0 Å². The normalized spacial score (nSPS) is 36.7. The Morgan fingerprint density at radius 2 is 2.44 bits per heavy atom. The molecule has 2 saturated heterocycles. The summed E-state index contributed by atoms with van der Waals surface area (Å²) in [5, 5.41) is 8.87. The molecule has 2 rings (SSSR count). The summed E-state index contributed by atoms with van der Waals surface area (Å²) in [4.78, 5) is 0. The predicted molar refractivity (Wildman–Crippen MR) is 34.5 cm³/mol. The summed E-state index contributed by atoms with van der Waals surface area (Å²) in [6.45, 7) is 4.20. The zero-order valence-electron chi connectivity index (χ0n) is 5.35. The summed E-state index contributed by atoms with van der Waals surface area (Å²) in [5.74, 6) is 0. The molecule has 9 heavy (non-hydrogen) atoms. The van der Waals surface area contributed by atoms with Gasteiger partial charge in [0.1, 0.15) is 0 Å². The molecule has 0 spiro atoms. The maximum absolute atomic E-state index is 3.31. The molecule has 0 saturated carbocycles. The van der Waals surface area contributed by atoms with Gasteiger partial charge in [0.2, 0.25) is 0 Å². The van der Waals surface area contributed by atoms with Crippen LogP contribution >= 0.6 is 0 Å². The van der Waals surface area contributed by atoms with Gasteiger partial charge in [-0.2, -0.15) is 0 Å². The van der Waals surface area contributed by atoms with Crippen molar-refractivity contribution in [2.24, 2.45) is 0 Å². The smallest absolute Gasteiger partial charge is 0.0870 e. The summed E-state index contributed by atoms with van der Waals surface area (Å²) in [7, 11) is 0. The summed E-state index contributed by atoms with van der Waals surface area (Å²) in [6, 6.07) is 0. The fraction of sp³-hybridized carbons (Fsp3) is 1.00. The highest BCUT2D eigenvalue weighted by atomic mass is 15.6. The number of hydrazine groups is 1. The second-order valence-electron chi connectivity index (χ2n) is 2.45. The molecule has 3 N–H and O–H groups in total. The Kier molecular flexibility index (Phi) is 1.39. The molecule has 1 atom stereocenters. The summed E-state index contributed by atoms with van der Waals surface area (Å²) in [5.41, 5.74) is 3.24. The minimum absolute atomic E-state index is 0.527. The lowest BCUT2D eigenvalue weighted by molar-refractivity contribution is 0.149. The van der Waals surface area contributed by atoms with Crippen LogP contribution < -0.4 is 16.1 Å². The van der Waals surface area contributed by atoms with Gasteiger partial charge in [-0.3, -0.25) is 5.32 Å². The van der Waals surface area contributed by atoms with Gasteiger partial charge in [0.25, 0.3) is 0 Å². The molecule has 2 heterocycles. The number of hydrogen-bond donors (Lipinski definition) is 3. The van der Waals surface area contributed by atoms with Crippen LogP contribution in [0.3, 0.4) is 0 Å². The van der Waals surface area contributed by atoms with Crippen LogP contribution in [0.2, 0.25) is 0 Å². The summed E-state index contributed by atoms with van der Waals surface area (Å²) in [6.07, 6.45) is 0.527. The van der Waals surface area contributed by atoms with Gasteiger partial charge in [0, 0.05) is 19.6 Å². The number of nitrogens with zero attached hydrogens (tertiary/aromatic N) is 1. The van der Waals surface area contributed by atoms with Crippen molar-refractivity contribution in [2.45, 2.75) is 6.17 Å². The van der Waals surface area contributed by atoms with Crippen LogP contribution in [0.4, 0.5) is 0 Å². The lowest BCUT2D eigenvalue weighted by Crippen LogP contribution is -2.53. The van der Waals surface area contributed by atoms with E-state index in [1.807, 2.05) is 0 Å². The Bertz CT molecular complexity index is 93.1. The molecule has 0 bridgehead atoms. The van der Waals surface area contributed by atoms with Crippen molar-refractivity contribution >= 4 is 0 Å². The second kappa shape index (κ2) is 2.22. The maximum Gasteiger partial charge on any atom is 0.0870 e. The highest BCUT2D eigenvalue weighted by Gasteiger charge is 2.25. The Hall–Kier alpha value is -0.160. The van der Waals surface area contributed by atoms with Crippen molar-refractivity contribution in [1.29, 1.82) is 0 Å². The van der Waals surface area contributed by atoms with Crippen molar-refractivity contribution in [3.63, 3.8) is 0 Å². The molecule has 4 heteroatoms. The zero-order valence-corrected chi connectivity index (χ0v) is 5.35. The maximum atomic E-state index is 3.31. The second-order valence-corrected chi connectivity index (χ2v) is 2.45. The van der Waals surface area contributed by atoms with Gasteiger partial charge in [-0.25, -0.2) is 10.4 Å². The molecule has 0 aromatic rings. The predicted octanol–water partition coefficient (Wildman–Crippen LogP) is -1.72. The fourth-order valence-electron chi connectivity index (χ4n) is 1.34. The van der Waals surface area contributed by atoms with E-state index >= 15 is 0 Å². The highest BCUT2D eigenvalue weighted by molar-refractivity contribution is 4.78. The van der Waals surface area contributed by atoms with Crippen molar-refractivity contribution in [2.75, 3.05) is 26.3 Å². The van der Waals surface area contributed by atoms with E-state index in [9.17, 15) is 0 Å². The summed E-state index contributed by atoms with van der Waals surface area (Å²) >= 11 is 0. The Morgan fingerprint density at radius 3 is 3.33 bits per heavy atom. The quantitative estimate of drug-likeness (QED) is 0.363. The van der Waals surface area contributed by atoms with Crippen LogP contribution in [0.25, 0.3) is 0 Å². The van der Waals surface area contributed by atoms with Crippen LogP contribution in [0.5, 0.6) is 0 Å². The number of nitrogens with one attached hydrogen (secondary N) is 3. The Labute approximate surface area is 54.6 Å². The third kappa shape index (κ3) is 0.943. The van der Waals surface area contributed by atoms with E-state index in [4.69, 9.17) is 0 Å². The number of rotatable bonds is 0. The van der Waals surface area contributed by atoms with Gasteiger partial charge in [-0.05, 0) is 0 Å². The standard InChI is InChI=1S/C5H12N4/c1-2-9-5(3-6-1)7-4-8-9/h5-8H,1-4H2. The van der Waals surface area contributed by atoms with Crippen molar-refractivity contribution in [1.82, 2.24) is 21.1 Å². The van der Waals surface area contributed by atoms with E-state index in [-0.39, 0.29) is 0 Å². The van der Waals surface area contributed by atoms with Crippen LogP contribution in [0, 0.1) is 0 Å². The Balaban J connectivity index is 1.97. The molecule has 4 nitrogen and oxygen atoms in total. The molecule has 0 aliphatic carbocycles. The molecule has 1 unspecified atom stereocenters. The van der Waals surface area contributed by atoms with E-state index < -0.39 is 0 Å². The molecule has 2 fully saturated rings. The molecule has 0 aromatic heterocycles. The van der Waals surface area contributed by atoms with Crippen molar-refractivity contribution < 1.29 is 0 Å². The average molecular weight is 128 g/mol. The van der Waals surface area contributed by atoms with Gasteiger partial charge in [-0.15, -0.1) is 0 Å². The molecular weight excluding hydrogens is 116 g/mol. The molecule has 2 aliphatic rings.